The van der Waals surface area contributed by atoms with Crippen LogP contribution in [0.4, 0.5) is 0 Å². The standard InChI is InChI=1S/C29H48O7Si/c1-15-13-16(2)29-19(11-12-20-22(29)23(30)17(3)24(31)26(20)35-29)14-21(33-8)27(32)34-25(15)18(4)36-37(9,10)28(5,6)7/h11-13,15,17-26,30-31H,14H2,1-10H3/b16-13+/t15?,17?,18?,19?,20?,21?,22?,23?,24?,25?,26-,29-/m0/s1. The molecule has 0 amide bonds. The van der Waals surface area contributed by atoms with Crippen molar-refractivity contribution in [3.8, 4) is 0 Å². The quantitative estimate of drug-likeness (QED) is 0.315. The number of methoxy groups -OCH3 is 1. The highest BCUT2D eigenvalue weighted by Gasteiger charge is 2.68. The van der Waals surface area contributed by atoms with E-state index in [9.17, 15) is 15.0 Å². The van der Waals surface area contributed by atoms with Crippen LogP contribution >= 0.6 is 0 Å². The van der Waals surface area contributed by atoms with Crippen molar-refractivity contribution >= 4 is 14.3 Å². The molecule has 1 spiro atoms. The number of rotatable bonds is 4. The van der Waals surface area contributed by atoms with Crippen molar-refractivity contribution in [1.82, 2.24) is 0 Å². The Bertz CT molecular complexity index is 939. The van der Waals surface area contributed by atoms with E-state index < -0.39 is 50.4 Å². The van der Waals surface area contributed by atoms with E-state index in [1.807, 2.05) is 20.8 Å². The molecule has 210 valence electrons. The van der Waals surface area contributed by atoms with Gasteiger partial charge in [0.15, 0.2) is 14.4 Å². The second-order valence-corrected chi connectivity index (χ2v) is 18.2. The van der Waals surface area contributed by atoms with Crippen LogP contribution in [0, 0.1) is 29.6 Å². The Morgan fingerprint density at radius 1 is 1.16 bits per heavy atom. The van der Waals surface area contributed by atoms with Gasteiger partial charge in [0.05, 0.1) is 24.4 Å². The summed E-state index contributed by atoms with van der Waals surface area (Å²) in [4.78, 5) is 13.5. The average Bonchev–Trinajstić information content (AvgIpc) is 3.00. The van der Waals surface area contributed by atoms with E-state index >= 15 is 0 Å². The monoisotopic (exact) mass is 536 g/mol. The summed E-state index contributed by atoms with van der Waals surface area (Å²) in [6.07, 6.45) is 3.19. The van der Waals surface area contributed by atoms with Crippen LogP contribution in [0.1, 0.15) is 54.9 Å². The summed E-state index contributed by atoms with van der Waals surface area (Å²) in [6, 6.07) is 0. The zero-order chi connectivity index (χ0) is 27.7. The molecule has 0 radical (unpaired) electrons. The molecule has 2 N–H and O–H groups in total. The first-order valence-electron chi connectivity index (χ1n) is 13.9. The van der Waals surface area contributed by atoms with Crippen LogP contribution in [0.5, 0.6) is 0 Å². The van der Waals surface area contributed by atoms with Gasteiger partial charge in [0.2, 0.25) is 0 Å². The van der Waals surface area contributed by atoms with Crippen LogP contribution < -0.4 is 0 Å². The van der Waals surface area contributed by atoms with Crippen molar-refractivity contribution in [1.29, 1.82) is 0 Å². The van der Waals surface area contributed by atoms with Gasteiger partial charge in [0.1, 0.15) is 11.7 Å². The number of aliphatic hydroxyl groups excluding tert-OH is 2. The zero-order valence-electron chi connectivity index (χ0n) is 24.2. The number of hydrogen-bond acceptors (Lipinski definition) is 7. The zero-order valence-corrected chi connectivity index (χ0v) is 25.2. The molecule has 1 saturated carbocycles. The topological polar surface area (TPSA) is 94.5 Å². The van der Waals surface area contributed by atoms with E-state index in [4.69, 9.17) is 18.6 Å². The molecule has 2 fully saturated rings. The van der Waals surface area contributed by atoms with Crippen molar-refractivity contribution < 1.29 is 33.6 Å². The highest BCUT2D eigenvalue weighted by atomic mass is 28.4. The van der Waals surface area contributed by atoms with Crippen molar-refractivity contribution in [3.05, 3.63) is 23.8 Å². The molecular weight excluding hydrogens is 488 g/mol. The lowest BCUT2D eigenvalue weighted by atomic mass is 9.57. The number of cyclic esters (lactones) is 1. The number of hydrogen-bond donors (Lipinski definition) is 2. The summed E-state index contributed by atoms with van der Waals surface area (Å²) in [5.74, 6) is -1.36. The van der Waals surface area contributed by atoms with E-state index in [0.717, 1.165) is 5.57 Å². The van der Waals surface area contributed by atoms with Crippen LogP contribution in [-0.2, 0) is 23.4 Å². The second kappa shape index (κ2) is 9.86. The first-order valence-corrected chi connectivity index (χ1v) is 16.8. The minimum absolute atomic E-state index is 0.0176. The molecule has 2 aliphatic heterocycles. The van der Waals surface area contributed by atoms with Crippen molar-refractivity contribution in [3.63, 3.8) is 0 Å². The summed E-state index contributed by atoms with van der Waals surface area (Å²) in [6.45, 7) is 19.0. The van der Waals surface area contributed by atoms with Crippen LogP contribution in [-0.4, -0.2) is 73.8 Å². The molecule has 2 heterocycles. The number of esters is 1. The van der Waals surface area contributed by atoms with Gasteiger partial charge in [-0.1, -0.05) is 52.8 Å². The molecule has 1 saturated heterocycles. The minimum atomic E-state index is -2.12. The molecule has 10 unspecified atom stereocenters. The van der Waals surface area contributed by atoms with Crippen molar-refractivity contribution in [2.24, 2.45) is 29.6 Å². The predicted molar refractivity (Wildman–Crippen MR) is 144 cm³/mol. The Morgan fingerprint density at radius 2 is 1.81 bits per heavy atom. The minimum Gasteiger partial charge on any atom is -0.457 e. The van der Waals surface area contributed by atoms with Crippen molar-refractivity contribution in [2.45, 2.75) is 115 Å². The summed E-state index contributed by atoms with van der Waals surface area (Å²) >= 11 is 0. The lowest BCUT2D eigenvalue weighted by molar-refractivity contribution is -0.171. The third-order valence-corrected chi connectivity index (χ3v) is 14.8. The summed E-state index contributed by atoms with van der Waals surface area (Å²) in [5, 5.41) is 22.5. The van der Waals surface area contributed by atoms with E-state index in [0.29, 0.717) is 6.42 Å². The molecule has 7 nitrogen and oxygen atoms in total. The van der Waals surface area contributed by atoms with E-state index in [1.165, 1.54) is 7.11 Å². The van der Waals surface area contributed by atoms with Crippen LogP contribution in [0.3, 0.4) is 0 Å². The molecule has 2 aliphatic carbocycles. The number of aliphatic hydroxyl groups is 2. The maximum Gasteiger partial charge on any atom is 0.335 e. The fraction of sp³-hybridized carbons (Fsp3) is 0.828. The van der Waals surface area contributed by atoms with Crippen LogP contribution in [0.15, 0.2) is 23.8 Å². The van der Waals surface area contributed by atoms with E-state index in [-0.39, 0.29) is 40.7 Å². The smallest absolute Gasteiger partial charge is 0.335 e. The molecule has 12 atom stereocenters. The third kappa shape index (κ3) is 4.59. The van der Waals surface area contributed by atoms with Gasteiger partial charge in [0.25, 0.3) is 0 Å². The SMILES string of the molecule is COC1CC2C=CC3C4C(O)C(C)C(O)[C@H]3O[C@@]24/C(C)=C/C(C)C(C(C)O[Si](C)(C)C(C)(C)C)OC1=O. The first-order chi connectivity index (χ1) is 17.1. The van der Waals surface area contributed by atoms with Gasteiger partial charge in [-0.25, -0.2) is 4.79 Å². The Kier molecular flexibility index (Phi) is 7.72. The molecule has 4 aliphatic rings. The number of carbonyl (C=O) groups is 1. The molecule has 0 aromatic heterocycles. The lowest BCUT2D eigenvalue weighted by Gasteiger charge is -2.48. The largest absolute Gasteiger partial charge is 0.457 e. The molecule has 37 heavy (non-hydrogen) atoms. The van der Waals surface area contributed by atoms with E-state index in [1.54, 1.807) is 0 Å². The maximum atomic E-state index is 13.5. The number of carbonyl (C=O) groups excluding carboxylic acids is 1. The molecule has 8 heteroatoms. The van der Waals surface area contributed by atoms with Crippen LogP contribution in [0.2, 0.25) is 18.1 Å². The Morgan fingerprint density at radius 3 is 2.41 bits per heavy atom. The van der Waals surface area contributed by atoms with Gasteiger partial charge in [-0.2, -0.15) is 0 Å². The van der Waals surface area contributed by atoms with Gasteiger partial charge < -0.3 is 28.8 Å². The van der Waals surface area contributed by atoms with Gasteiger partial charge in [-0.3, -0.25) is 0 Å². The van der Waals surface area contributed by atoms with Crippen molar-refractivity contribution in [2.75, 3.05) is 7.11 Å². The van der Waals surface area contributed by atoms with Gasteiger partial charge in [0, 0.05) is 36.7 Å². The van der Waals surface area contributed by atoms with Crippen LogP contribution in [0.25, 0.3) is 0 Å². The molecular formula is C29H48O7Si. The summed E-state index contributed by atoms with van der Waals surface area (Å²) in [5.41, 5.74) is 0.177. The highest BCUT2D eigenvalue weighted by molar-refractivity contribution is 6.74. The Labute approximate surface area is 223 Å². The van der Waals surface area contributed by atoms with Gasteiger partial charge in [-0.15, -0.1) is 0 Å². The molecule has 4 bridgehead atoms. The van der Waals surface area contributed by atoms with E-state index in [2.05, 4.69) is 59.0 Å². The third-order valence-electron chi connectivity index (χ3n) is 10.2. The second-order valence-electron chi connectivity index (χ2n) is 13.5. The summed E-state index contributed by atoms with van der Waals surface area (Å²) in [7, 11) is -0.588. The fourth-order valence-electron chi connectivity index (χ4n) is 7.04. The predicted octanol–water partition coefficient (Wildman–Crippen LogP) is 4.24. The first kappa shape index (κ1) is 29.0. The normalized spacial score (nSPS) is 46.5. The lowest BCUT2D eigenvalue weighted by Crippen LogP contribution is -2.56. The molecule has 0 aromatic carbocycles. The summed E-state index contributed by atoms with van der Waals surface area (Å²) < 4.78 is 25.4. The molecule has 4 rings (SSSR count). The maximum absolute atomic E-state index is 13.5. The Hall–Kier alpha value is -1.03. The Balaban J connectivity index is 1.78. The van der Waals surface area contributed by atoms with Gasteiger partial charge in [-0.05, 0) is 44.0 Å². The average molecular weight is 537 g/mol. The fourth-order valence-corrected chi connectivity index (χ4v) is 8.46. The van der Waals surface area contributed by atoms with Gasteiger partial charge >= 0.3 is 5.97 Å². The molecule has 0 aromatic rings. The number of ether oxygens (including phenoxy) is 3. The highest BCUT2D eigenvalue weighted by Crippen LogP contribution is 2.60.